The van der Waals surface area contributed by atoms with Crippen LogP contribution in [0.4, 0.5) is 0 Å². The van der Waals surface area contributed by atoms with Crippen molar-refractivity contribution in [3.8, 4) is 6.07 Å². The lowest BCUT2D eigenvalue weighted by atomic mass is 9.99. The summed E-state index contributed by atoms with van der Waals surface area (Å²) in [5.74, 6) is 0. The lowest BCUT2D eigenvalue weighted by Crippen LogP contribution is -2.10. The molecule has 0 aromatic heterocycles. The van der Waals surface area contributed by atoms with E-state index in [2.05, 4.69) is 12.6 Å². The van der Waals surface area contributed by atoms with Crippen LogP contribution in [0, 0.1) is 11.3 Å². The zero-order chi connectivity index (χ0) is 9.68. The van der Waals surface area contributed by atoms with E-state index >= 15 is 0 Å². The molecular formula is C11H12N2. The molecule has 66 valence electrons. The van der Waals surface area contributed by atoms with Gasteiger partial charge in [0.05, 0.1) is 11.6 Å². The maximum absolute atomic E-state index is 8.80. The number of nitrogens with two attached hydrogens (primary N) is 1. The highest BCUT2D eigenvalue weighted by Crippen LogP contribution is 2.17. The number of rotatable bonds is 3. The summed E-state index contributed by atoms with van der Waals surface area (Å²) < 4.78 is 0. The molecule has 0 saturated heterocycles. The minimum Gasteiger partial charge on any atom is -0.324 e. The Morgan fingerprint density at radius 1 is 1.54 bits per heavy atom. The average molecular weight is 172 g/mol. The first-order valence-corrected chi connectivity index (χ1v) is 4.15. The molecule has 0 spiro atoms. The minimum atomic E-state index is -0.117. The van der Waals surface area contributed by atoms with Crippen molar-refractivity contribution >= 4 is 0 Å². The van der Waals surface area contributed by atoms with Gasteiger partial charge in [0.15, 0.2) is 0 Å². The Morgan fingerprint density at radius 2 is 2.23 bits per heavy atom. The Hall–Kier alpha value is -1.59. The number of benzene rings is 1. The second kappa shape index (κ2) is 4.44. The standard InChI is InChI=1S/C11H12N2/c1-2-5-11(13)10-7-4-3-6-9(10)8-12/h2-4,6-7,11H,1,5,13H2/t11-/m0/s1. The first kappa shape index (κ1) is 9.50. The normalized spacial score (nSPS) is 11.7. The Labute approximate surface area is 78.3 Å². The topological polar surface area (TPSA) is 49.8 Å². The van der Waals surface area contributed by atoms with Crippen LogP contribution in [0.25, 0.3) is 0 Å². The number of hydrogen-bond donors (Lipinski definition) is 1. The van der Waals surface area contributed by atoms with E-state index in [0.29, 0.717) is 12.0 Å². The summed E-state index contributed by atoms with van der Waals surface area (Å²) in [6, 6.07) is 9.39. The molecule has 0 radical (unpaired) electrons. The summed E-state index contributed by atoms with van der Waals surface area (Å²) in [5, 5.41) is 8.80. The quantitative estimate of drug-likeness (QED) is 0.710. The molecule has 0 aliphatic carbocycles. The Balaban J connectivity index is 2.99. The summed E-state index contributed by atoms with van der Waals surface area (Å²) in [6.45, 7) is 3.62. The lowest BCUT2D eigenvalue weighted by molar-refractivity contribution is 0.739. The first-order chi connectivity index (χ1) is 6.29. The van der Waals surface area contributed by atoms with Crippen LogP contribution in [0.3, 0.4) is 0 Å². The van der Waals surface area contributed by atoms with Gasteiger partial charge in [-0.15, -0.1) is 6.58 Å². The highest BCUT2D eigenvalue weighted by molar-refractivity contribution is 5.39. The van der Waals surface area contributed by atoms with E-state index in [1.165, 1.54) is 0 Å². The fourth-order valence-electron chi connectivity index (χ4n) is 1.23. The van der Waals surface area contributed by atoms with Gasteiger partial charge in [0.25, 0.3) is 0 Å². The van der Waals surface area contributed by atoms with Crippen LogP contribution in [0.5, 0.6) is 0 Å². The third-order valence-corrected chi connectivity index (χ3v) is 1.90. The van der Waals surface area contributed by atoms with E-state index < -0.39 is 0 Å². The fourth-order valence-corrected chi connectivity index (χ4v) is 1.23. The van der Waals surface area contributed by atoms with Crippen LogP contribution in [0.15, 0.2) is 36.9 Å². The van der Waals surface area contributed by atoms with Crippen molar-refractivity contribution < 1.29 is 0 Å². The van der Waals surface area contributed by atoms with E-state index in [-0.39, 0.29) is 6.04 Å². The van der Waals surface area contributed by atoms with Gasteiger partial charge in [-0.3, -0.25) is 0 Å². The molecule has 0 aliphatic heterocycles. The van der Waals surface area contributed by atoms with Crippen LogP contribution in [-0.4, -0.2) is 0 Å². The molecular weight excluding hydrogens is 160 g/mol. The minimum absolute atomic E-state index is 0.117. The van der Waals surface area contributed by atoms with Crippen molar-refractivity contribution in [3.05, 3.63) is 48.0 Å². The van der Waals surface area contributed by atoms with E-state index in [1.54, 1.807) is 12.1 Å². The smallest absolute Gasteiger partial charge is 0.0995 e. The molecule has 0 heterocycles. The monoisotopic (exact) mass is 172 g/mol. The zero-order valence-electron chi connectivity index (χ0n) is 7.40. The summed E-state index contributed by atoms with van der Waals surface area (Å²) in [5.41, 5.74) is 7.40. The summed E-state index contributed by atoms with van der Waals surface area (Å²) in [4.78, 5) is 0. The highest BCUT2D eigenvalue weighted by Gasteiger charge is 2.07. The van der Waals surface area contributed by atoms with Crippen LogP contribution in [0.1, 0.15) is 23.6 Å². The van der Waals surface area contributed by atoms with E-state index in [9.17, 15) is 0 Å². The predicted octanol–water partition coefficient (Wildman–Crippen LogP) is 2.13. The second-order valence-corrected chi connectivity index (χ2v) is 2.83. The van der Waals surface area contributed by atoms with Gasteiger partial charge in [-0.25, -0.2) is 0 Å². The van der Waals surface area contributed by atoms with E-state index in [1.807, 2.05) is 18.2 Å². The zero-order valence-corrected chi connectivity index (χ0v) is 7.40. The largest absolute Gasteiger partial charge is 0.324 e. The molecule has 0 unspecified atom stereocenters. The molecule has 1 rings (SSSR count). The van der Waals surface area contributed by atoms with Crippen LogP contribution in [0.2, 0.25) is 0 Å². The average Bonchev–Trinajstić information content (AvgIpc) is 2.18. The third kappa shape index (κ3) is 2.17. The molecule has 1 aromatic carbocycles. The Morgan fingerprint density at radius 3 is 2.85 bits per heavy atom. The van der Waals surface area contributed by atoms with Gasteiger partial charge in [-0.1, -0.05) is 24.3 Å². The molecule has 0 saturated carbocycles. The molecule has 0 fully saturated rings. The molecule has 0 amide bonds. The number of hydrogen-bond acceptors (Lipinski definition) is 2. The Kier molecular flexibility index (Phi) is 3.24. The van der Waals surface area contributed by atoms with Gasteiger partial charge in [0.1, 0.15) is 0 Å². The molecule has 2 heteroatoms. The van der Waals surface area contributed by atoms with Gasteiger partial charge >= 0.3 is 0 Å². The molecule has 2 N–H and O–H groups in total. The summed E-state index contributed by atoms with van der Waals surface area (Å²) in [6.07, 6.45) is 2.46. The van der Waals surface area contributed by atoms with E-state index in [4.69, 9.17) is 11.0 Å². The maximum atomic E-state index is 8.80. The molecule has 1 atom stereocenters. The molecule has 0 aliphatic rings. The Bertz CT molecular complexity index is 336. The van der Waals surface area contributed by atoms with Gasteiger partial charge in [0, 0.05) is 6.04 Å². The van der Waals surface area contributed by atoms with Crippen molar-refractivity contribution in [2.75, 3.05) is 0 Å². The van der Waals surface area contributed by atoms with Crippen molar-refractivity contribution in [1.29, 1.82) is 5.26 Å². The highest BCUT2D eigenvalue weighted by atomic mass is 14.6. The fraction of sp³-hybridized carbons (Fsp3) is 0.182. The number of nitrogens with zero attached hydrogens (tertiary/aromatic N) is 1. The summed E-state index contributed by atoms with van der Waals surface area (Å²) in [7, 11) is 0. The van der Waals surface area contributed by atoms with Gasteiger partial charge in [0.2, 0.25) is 0 Å². The first-order valence-electron chi connectivity index (χ1n) is 4.15. The second-order valence-electron chi connectivity index (χ2n) is 2.83. The van der Waals surface area contributed by atoms with Gasteiger partial charge in [-0.05, 0) is 18.1 Å². The van der Waals surface area contributed by atoms with Gasteiger partial charge < -0.3 is 5.73 Å². The molecule has 1 aromatic rings. The predicted molar refractivity (Wildman–Crippen MR) is 52.9 cm³/mol. The molecule has 13 heavy (non-hydrogen) atoms. The summed E-state index contributed by atoms with van der Waals surface area (Å²) >= 11 is 0. The van der Waals surface area contributed by atoms with Crippen LogP contribution >= 0.6 is 0 Å². The SMILES string of the molecule is C=CC[C@H](N)c1ccccc1C#N. The van der Waals surface area contributed by atoms with E-state index in [0.717, 1.165) is 5.56 Å². The van der Waals surface area contributed by atoms with Crippen LogP contribution < -0.4 is 5.73 Å². The third-order valence-electron chi connectivity index (χ3n) is 1.90. The maximum Gasteiger partial charge on any atom is 0.0995 e. The number of nitriles is 1. The van der Waals surface area contributed by atoms with Crippen molar-refractivity contribution in [3.63, 3.8) is 0 Å². The lowest BCUT2D eigenvalue weighted by Gasteiger charge is -2.10. The van der Waals surface area contributed by atoms with Crippen molar-refractivity contribution in [2.45, 2.75) is 12.5 Å². The molecule has 2 nitrogen and oxygen atoms in total. The van der Waals surface area contributed by atoms with Gasteiger partial charge in [-0.2, -0.15) is 5.26 Å². The van der Waals surface area contributed by atoms with Crippen molar-refractivity contribution in [2.24, 2.45) is 5.73 Å². The van der Waals surface area contributed by atoms with Crippen molar-refractivity contribution in [1.82, 2.24) is 0 Å². The van der Waals surface area contributed by atoms with Crippen LogP contribution in [-0.2, 0) is 0 Å². The molecule has 0 bridgehead atoms.